The van der Waals surface area contributed by atoms with E-state index in [0.717, 1.165) is 40.1 Å². The summed E-state index contributed by atoms with van der Waals surface area (Å²) in [6, 6.07) is 18.3. The van der Waals surface area contributed by atoms with Crippen molar-refractivity contribution >= 4 is 40.1 Å². The van der Waals surface area contributed by atoms with E-state index in [9.17, 15) is 14.9 Å². The number of allylic oxidation sites excluding steroid dienone is 1. The summed E-state index contributed by atoms with van der Waals surface area (Å²) in [6.45, 7) is 0. The van der Waals surface area contributed by atoms with Crippen LogP contribution < -0.4 is 14.9 Å². The van der Waals surface area contributed by atoms with Crippen LogP contribution in [0.2, 0.25) is 0 Å². The molecule has 0 spiro atoms. The Morgan fingerprint density at radius 2 is 1.97 bits per heavy atom. The molecule has 4 aromatic rings. The van der Waals surface area contributed by atoms with Crippen LogP contribution in [0.3, 0.4) is 0 Å². The number of aromatic nitrogens is 1. The number of non-ortho nitro benzene ring substituents is 1. The summed E-state index contributed by atoms with van der Waals surface area (Å²) in [5.41, 5.74) is 4.86. The Kier molecular flexibility index (Phi) is 4.70. The second-order valence-electron chi connectivity index (χ2n) is 7.98. The van der Waals surface area contributed by atoms with Gasteiger partial charge < -0.3 is 0 Å². The third kappa shape index (κ3) is 3.30. The third-order valence-electron chi connectivity index (χ3n) is 6.09. The molecule has 3 heterocycles. The van der Waals surface area contributed by atoms with Gasteiger partial charge in [-0.1, -0.05) is 53.8 Å². The van der Waals surface area contributed by atoms with Crippen LogP contribution in [0, 0.1) is 10.1 Å². The van der Waals surface area contributed by atoms with Crippen molar-refractivity contribution in [3.05, 3.63) is 123 Å². The fraction of sp³-hybridized carbons (Fsp3) is 0.120. The van der Waals surface area contributed by atoms with Crippen molar-refractivity contribution < 1.29 is 4.92 Å². The van der Waals surface area contributed by atoms with E-state index in [2.05, 4.69) is 12.1 Å². The number of fused-ring (bicyclic) bond motifs is 3. The maximum atomic E-state index is 13.6. The van der Waals surface area contributed by atoms with Crippen LogP contribution in [0.1, 0.15) is 34.0 Å². The first kappa shape index (κ1) is 20.0. The molecule has 0 radical (unpaired) electrons. The Morgan fingerprint density at radius 3 is 2.79 bits per heavy atom. The highest BCUT2D eigenvalue weighted by Crippen LogP contribution is 2.41. The summed E-state index contributed by atoms with van der Waals surface area (Å²) in [7, 11) is 0. The summed E-state index contributed by atoms with van der Waals surface area (Å²) in [4.78, 5) is 31.3. The minimum absolute atomic E-state index is 0.0172. The minimum atomic E-state index is -0.421. The number of rotatable bonds is 3. The van der Waals surface area contributed by atoms with Crippen molar-refractivity contribution in [2.75, 3.05) is 0 Å². The number of thiazole rings is 1. The van der Waals surface area contributed by atoms with Gasteiger partial charge in [0.2, 0.25) is 0 Å². The van der Waals surface area contributed by atoms with Crippen LogP contribution in [0.5, 0.6) is 0 Å². The van der Waals surface area contributed by atoms with E-state index in [1.54, 1.807) is 28.0 Å². The second kappa shape index (κ2) is 7.75. The molecule has 0 fully saturated rings. The molecular weight excluding hydrogens is 454 g/mol. The van der Waals surface area contributed by atoms with Crippen LogP contribution in [0.4, 0.5) is 5.69 Å². The molecule has 0 saturated carbocycles. The highest BCUT2D eigenvalue weighted by molar-refractivity contribution is 7.11. The summed E-state index contributed by atoms with van der Waals surface area (Å²) in [5.74, 6) is 0. The first-order chi connectivity index (χ1) is 16.1. The smallest absolute Gasteiger partial charge is 0.271 e. The number of thiophene rings is 1. The van der Waals surface area contributed by atoms with E-state index in [-0.39, 0.29) is 11.2 Å². The van der Waals surface area contributed by atoms with Crippen LogP contribution in [0.25, 0.3) is 11.8 Å². The molecule has 1 aliphatic heterocycles. The second-order valence-corrected chi connectivity index (χ2v) is 9.97. The molecule has 162 valence electrons. The molecule has 0 saturated heterocycles. The largest absolute Gasteiger partial charge is 0.272 e. The van der Waals surface area contributed by atoms with Gasteiger partial charge in [-0.25, -0.2) is 4.99 Å². The number of benzene rings is 2. The van der Waals surface area contributed by atoms with Gasteiger partial charge in [-0.2, -0.15) is 0 Å². The SMILES string of the molecule is O=c1c(=Cc2cccs2)sc2n1C(c1cccc([N+](=O)[O-])c1)C1=C(N=2)c2ccccc2CC1. The Hall–Kier alpha value is -3.62. The Bertz CT molecular complexity index is 1630. The molecule has 6 rings (SSSR count). The number of nitro benzene ring substituents is 1. The lowest BCUT2D eigenvalue weighted by molar-refractivity contribution is -0.384. The van der Waals surface area contributed by atoms with Gasteiger partial charge in [0, 0.05) is 22.6 Å². The molecule has 1 atom stereocenters. The van der Waals surface area contributed by atoms with Gasteiger partial charge in [-0.15, -0.1) is 11.3 Å². The van der Waals surface area contributed by atoms with Gasteiger partial charge in [-0.05, 0) is 47.1 Å². The van der Waals surface area contributed by atoms with E-state index in [0.29, 0.717) is 9.33 Å². The van der Waals surface area contributed by atoms with Gasteiger partial charge in [0.15, 0.2) is 4.80 Å². The highest BCUT2D eigenvalue weighted by atomic mass is 32.1. The quantitative estimate of drug-likeness (QED) is 0.330. The Labute approximate surface area is 196 Å². The first-order valence-electron chi connectivity index (χ1n) is 10.5. The van der Waals surface area contributed by atoms with Gasteiger partial charge >= 0.3 is 0 Å². The normalized spacial score (nSPS) is 17.2. The molecule has 6 nitrogen and oxygen atoms in total. The van der Waals surface area contributed by atoms with Gasteiger partial charge in [0.1, 0.15) is 0 Å². The molecule has 0 bridgehead atoms. The van der Waals surface area contributed by atoms with Crippen molar-refractivity contribution in [2.45, 2.75) is 18.9 Å². The number of hydrogen-bond donors (Lipinski definition) is 0. The average molecular weight is 472 g/mol. The zero-order chi connectivity index (χ0) is 22.5. The fourth-order valence-corrected chi connectivity index (χ4v) is 6.36. The van der Waals surface area contributed by atoms with E-state index < -0.39 is 11.0 Å². The zero-order valence-corrected chi connectivity index (χ0v) is 18.9. The van der Waals surface area contributed by atoms with Crippen molar-refractivity contribution in [1.82, 2.24) is 4.57 Å². The van der Waals surface area contributed by atoms with Crippen molar-refractivity contribution in [3.63, 3.8) is 0 Å². The van der Waals surface area contributed by atoms with Crippen LogP contribution in [-0.4, -0.2) is 9.49 Å². The molecule has 33 heavy (non-hydrogen) atoms. The molecular formula is C25H17N3O3S2. The third-order valence-corrected chi connectivity index (χ3v) is 7.89. The number of hydrogen-bond acceptors (Lipinski definition) is 6. The van der Waals surface area contributed by atoms with E-state index in [1.165, 1.54) is 23.0 Å². The molecule has 2 aromatic heterocycles. The molecule has 0 amide bonds. The monoisotopic (exact) mass is 471 g/mol. The molecule has 8 heteroatoms. The fourth-order valence-electron chi connectivity index (χ4n) is 4.63. The first-order valence-corrected chi connectivity index (χ1v) is 12.2. The van der Waals surface area contributed by atoms with Crippen LogP contribution in [0.15, 0.2) is 81.4 Å². The number of aryl methyl sites for hydroxylation is 1. The Morgan fingerprint density at radius 1 is 1.09 bits per heavy atom. The van der Waals surface area contributed by atoms with Crippen molar-refractivity contribution in [3.8, 4) is 0 Å². The molecule has 1 aliphatic carbocycles. The van der Waals surface area contributed by atoms with Gasteiger partial charge in [0.25, 0.3) is 11.2 Å². The van der Waals surface area contributed by atoms with Crippen molar-refractivity contribution in [1.29, 1.82) is 0 Å². The maximum Gasteiger partial charge on any atom is 0.271 e. The van der Waals surface area contributed by atoms with Crippen LogP contribution >= 0.6 is 22.7 Å². The molecule has 0 N–H and O–H groups in total. The maximum absolute atomic E-state index is 13.6. The summed E-state index contributed by atoms with van der Waals surface area (Å²) < 4.78 is 2.33. The summed E-state index contributed by atoms with van der Waals surface area (Å²) in [6.07, 6.45) is 3.49. The highest BCUT2D eigenvalue weighted by Gasteiger charge is 2.33. The standard InChI is InChI=1S/C25H17N3O3S2/c29-24-21(14-18-8-4-12-32-18)33-25-26-22-19-9-2-1-5-15(19)10-11-20(22)23(27(24)25)16-6-3-7-17(13-16)28(30)31/h1-9,12-14,23H,10-11H2. The average Bonchev–Trinajstić information content (AvgIpc) is 3.46. The Balaban J connectivity index is 1.65. The van der Waals surface area contributed by atoms with E-state index in [1.807, 2.05) is 41.8 Å². The van der Waals surface area contributed by atoms with Crippen molar-refractivity contribution in [2.24, 2.45) is 4.99 Å². The summed E-state index contributed by atoms with van der Waals surface area (Å²) in [5, 5.41) is 13.5. The molecule has 2 aromatic carbocycles. The minimum Gasteiger partial charge on any atom is -0.272 e. The van der Waals surface area contributed by atoms with E-state index >= 15 is 0 Å². The number of nitro groups is 1. The number of nitrogens with zero attached hydrogens (tertiary/aromatic N) is 3. The van der Waals surface area contributed by atoms with Crippen LogP contribution in [-0.2, 0) is 6.42 Å². The lowest BCUT2D eigenvalue weighted by atomic mass is 9.83. The topological polar surface area (TPSA) is 77.5 Å². The molecule has 2 aliphatic rings. The lowest BCUT2D eigenvalue weighted by Gasteiger charge is -2.30. The molecule has 1 unspecified atom stereocenters. The van der Waals surface area contributed by atoms with E-state index in [4.69, 9.17) is 4.99 Å². The van der Waals surface area contributed by atoms with Gasteiger partial charge in [-0.3, -0.25) is 19.5 Å². The summed E-state index contributed by atoms with van der Waals surface area (Å²) >= 11 is 2.94. The lowest BCUT2D eigenvalue weighted by Crippen LogP contribution is -2.38. The predicted molar refractivity (Wildman–Crippen MR) is 130 cm³/mol. The predicted octanol–water partition coefficient (Wildman–Crippen LogP) is 4.29. The zero-order valence-electron chi connectivity index (χ0n) is 17.3. The van der Waals surface area contributed by atoms with Gasteiger partial charge in [0.05, 0.1) is 21.2 Å².